The molecule has 2 rings (SSSR count). The van der Waals surface area contributed by atoms with Crippen LogP contribution in [0.25, 0.3) is 6.08 Å². The van der Waals surface area contributed by atoms with E-state index in [0.29, 0.717) is 9.23 Å². The molecule has 1 aliphatic rings. The molecule has 5 heteroatoms. The van der Waals surface area contributed by atoms with Crippen molar-refractivity contribution in [3.05, 3.63) is 34.7 Å². The molecule has 106 valence electrons. The quantitative estimate of drug-likeness (QED) is 0.615. The maximum atomic E-state index is 12.5. The van der Waals surface area contributed by atoms with E-state index in [9.17, 15) is 4.79 Å². The summed E-state index contributed by atoms with van der Waals surface area (Å²) >= 11 is 6.65. The second-order valence-electron chi connectivity index (χ2n) is 5.43. The number of rotatable bonds is 2. The van der Waals surface area contributed by atoms with Gasteiger partial charge in [0.2, 0.25) is 0 Å². The SMILES string of the molecule is COc1ccccc1/C=C1/SC(=S)N(C(C)(C)C)C1=O. The molecule has 1 aliphatic heterocycles. The average molecular weight is 307 g/mol. The number of methoxy groups -OCH3 is 1. The molecule has 0 spiro atoms. The van der Waals surface area contributed by atoms with Crippen molar-refractivity contribution in [1.29, 1.82) is 0 Å². The summed E-state index contributed by atoms with van der Waals surface area (Å²) in [5, 5.41) is 0. The number of para-hydroxylation sites is 1. The van der Waals surface area contributed by atoms with Crippen LogP contribution in [0.1, 0.15) is 26.3 Å². The van der Waals surface area contributed by atoms with Gasteiger partial charge in [0.25, 0.3) is 5.91 Å². The van der Waals surface area contributed by atoms with Gasteiger partial charge in [0.05, 0.1) is 12.0 Å². The van der Waals surface area contributed by atoms with E-state index in [4.69, 9.17) is 17.0 Å². The summed E-state index contributed by atoms with van der Waals surface area (Å²) in [5.41, 5.74) is 0.571. The molecule has 3 nitrogen and oxygen atoms in total. The highest BCUT2D eigenvalue weighted by atomic mass is 32.2. The lowest BCUT2D eigenvalue weighted by atomic mass is 10.1. The average Bonchev–Trinajstić information content (AvgIpc) is 2.64. The van der Waals surface area contributed by atoms with Crippen LogP contribution >= 0.6 is 24.0 Å². The molecule has 1 fully saturated rings. The molecule has 0 atom stereocenters. The van der Waals surface area contributed by atoms with Crippen LogP contribution in [0, 0.1) is 0 Å². The minimum absolute atomic E-state index is 0.0431. The van der Waals surface area contributed by atoms with Crippen molar-refractivity contribution in [3.8, 4) is 5.75 Å². The maximum absolute atomic E-state index is 12.5. The third-order valence-electron chi connectivity index (χ3n) is 2.89. The van der Waals surface area contributed by atoms with Crippen LogP contribution in [0.4, 0.5) is 0 Å². The lowest BCUT2D eigenvalue weighted by molar-refractivity contribution is -0.125. The maximum Gasteiger partial charge on any atom is 0.266 e. The van der Waals surface area contributed by atoms with Crippen molar-refractivity contribution < 1.29 is 9.53 Å². The molecule has 1 saturated heterocycles. The van der Waals surface area contributed by atoms with E-state index in [-0.39, 0.29) is 11.4 Å². The van der Waals surface area contributed by atoms with Crippen LogP contribution in [-0.2, 0) is 4.79 Å². The Morgan fingerprint density at radius 2 is 1.95 bits per heavy atom. The van der Waals surface area contributed by atoms with E-state index in [1.165, 1.54) is 11.8 Å². The topological polar surface area (TPSA) is 29.5 Å². The van der Waals surface area contributed by atoms with Crippen molar-refractivity contribution in [3.63, 3.8) is 0 Å². The first-order valence-electron chi connectivity index (χ1n) is 6.25. The van der Waals surface area contributed by atoms with Gasteiger partial charge < -0.3 is 4.74 Å². The standard InChI is InChI=1S/C15H17NO2S2/c1-15(2,3)16-13(17)12(20-14(16)19)9-10-7-5-6-8-11(10)18-4/h5-9H,1-4H3/b12-9+. The number of thiocarbonyl (C=S) groups is 1. The lowest BCUT2D eigenvalue weighted by Gasteiger charge is -2.30. The fourth-order valence-corrected chi connectivity index (χ4v) is 3.60. The van der Waals surface area contributed by atoms with E-state index < -0.39 is 0 Å². The number of amides is 1. The Labute approximate surface area is 129 Å². The number of nitrogens with zero attached hydrogens (tertiary/aromatic N) is 1. The summed E-state index contributed by atoms with van der Waals surface area (Å²) in [6.07, 6.45) is 1.84. The zero-order valence-corrected chi connectivity index (χ0v) is 13.6. The first-order chi connectivity index (χ1) is 9.34. The van der Waals surface area contributed by atoms with Gasteiger partial charge in [-0.05, 0) is 32.9 Å². The van der Waals surface area contributed by atoms with Crippen LogP contribution in [0.3, 0.4) is 0 Å². The fraction of sp³-hybridized carbons (Fsp3) is 0.333. The number of hydrogen-bond acceptors (Lipinski definition) is 4. The van der Waals surface area contributed by atoms with Gasteiger partial charge in [0.1, 0.15) is 10.1 Å². The Morgan fingerprint density at radius 3 is 2.50 bits per heavy atom. The molecule has 0 aliphatic carbocycles. The minimum Gasteiger partial charge on any atom is -0.496 e. The fourth-order valence-electron chi connectivity index (χ4n) is 1.97. The van der Waals surface area contributed by atoms with Gasteiger partial charge in [-0.25, -0.2) is 0 Å². The molecule has 0 bridgehead atoms. The number of carbonyl (C=O) groups excluding carboxylic acids is 1. The van der Waals surface area contributed by atoms with E-state index in [1.54, 1.807) is 12.0 Å². The lowest BCUT2D eigenvalue weighted by Crippen LogP contribution is -2.44. The van der Waals surface area contributed by atoms with Crippen molar-refractivity contribution >= 4 is 40.3 Å². The van der Waals surface area contributed by atoms with Crippen LogP contribution in [0.15, 0.2) is 29.2 Å². The normalized spacial score (nSPS) is 18.0. The third kappa shape index (κ3) is 2.88. The summed E-state index contributed by atoms with van der Waals surface area (Å²) in [7, 11) is 1.62. The van der Waals surface area contributed by atoms with E-state index >= 15 is 0 Å². The van der Waals surface area contributed by atoms with Gasteiger partial charge in [-0.3, -0.25) is 9.69 Å². The second-order valence-corrected chi connectivity index (χ2v) is 7.11. The van der Waals surface area contributed by atoms with Crippen molar-refractivity contribution in [2.45, 2.75) is 26.3 Å². The second kappa shape index (κ2) is 5.58. The Morgan fingerprint density at radius 1 is 1.30 bits per heavy atom. The smallest absolute Gasteiger partial charge is 0.266 e. The molecule has 1 aromatic carbocycles. The first-order valence-corrected chi connectivity index (χ1v) is 7.48. The Balaban J connectivity index is 2.38. The molecular weight excluding hydrogens is 290 g/mol. The zero-order chi connectivity index (χ0) is 14.9. The Bertz CT molecular complexity index is 588. The van der Waals surface area contributed by atoms with Crippen LogP contribution in [0.5, 0.6) is 5.75 Å². The van der Waals surface area contributed by atoms with Gasteiger partial charge in [-0.2, -0.15) is 0 Å². The molecule has 0 N–H and O–H groups in total. The number of carbonyl (C=O) groups is 1. The van der Waals surface area contributed by atoms with Crippen molar-refractivity contribution in [2.75, 3.05) is 7.11 Å². The van der Waals surface area contributed by atoms with Crippen molar-refractivity contribution in [1.82, 2.24) is 4.90 Å². The third-order valence-corrected chi connectivity index (χ3v) is 4.19. The number of thioether (sulfide) groups is 1. The molecule has 0 saturated carbocycles. The molecule has 1 aromatic rings. The van der Waals surface area contributed by atoms with Crippen LogP contribution < -0.4 is 4.74 Å². The van der Waals surface area contributed by atoms with E-state index in [1.807, 2.05) is 51.1 Å². The van der Waals surface area contributed by atoms with Crippen LogP contribution in [-0.4, -0.2) is 27.8 Å². The van der Waals surface area contributed by atoms with E-state index in [0.717, 1.165) is 11.3 Å². The van der Waals surface area contributed by atoms with Gasteiger partial charge in [0.15, 0.2) is 0 Å². The molecule has 0 aromatic heterocycles. The summed E-state index contributed by atoms with van der Waals surface area (Å²) in [5.74, 6) is 0.701. The van der Waals surface area contributed by atoms with Gasteiger partial charge in [-0.15, -0.1) is 0 Å². The predicted octanol–water partition coefficient (Wildman–Crippen LogP) is 3.69. The number of ether oxygens (including phenoxy) is 1. The summed E-state index contributed by atoms with van der Waals surface area (Å²) in [4.78, 5) is 14.8. The molecule has 0 unspecified atom stereocenters. The van der Waals surface area contributed by atoms with Gasteiger partial charge >= 0.3 is 0 Å². The first kappa shape index (κ1) is 15.1. The monoisotopic (exact) mass is 307 g/mol. The number of benzene rings is 1. The highest BCUT2D eigenvalue weighted by molar-refractivity contribution is 8.26. The zero-order valence-electron chi connectivity index (χ0n) is 12.0. The van der Waals surface area contributed by atoms with Crippen LogP contribution in [0.2, 0.25) is 0 Å². The minimum atomic E-state index is -0.308. The van der Waals surface area contributed by atoms with Crippen molar-refractivity contribution in [2.24, 2.45) is 0 Å². The highest BCUT2D eigenvalue weighted by Crippen LogP contribution is 2.37. The molecule has 20 heavy (non-hydrogen) atoms. The number of hydrogen-bond donors (Lipinski definition) is 0. The predicted molar refractivity (Wildman–Crippen MR) is 87.8 cm³/mol. The Kier molecular flexibility index (Phi) is 4.20. The molecule has 1 amide bonds. The summed E-state index contributed by atoms with van der Waals surface area (Å²) in [6, 6.07) is 7.61. The van der Waals surface area contributed by atoms with Gasteiger partial charge in [0, 0.05) is 11.1 Å². The van der Waals surface area contributed by atoms with E-state index in [2.05, 4.69) is 0 Å². The highest BCUT2D eigenvalue weighted by Gasteiger charge is 2.39. The summed E-state index contributed by atoms with van der Waals surface area (Å²) < 4.78 is 5.90. The molecule has 1 heterocycles. The van der Waals surface area contributed by atoms with Gasteiger partial charge in [-0.1, -0.05) is 42.2 Å². The molecular formula is C15H17NO2S2. The summed E-state index contributed by atoms with van der Waals surface area (Å²) in [6.45, 7) is 5.93. The Hall–Kier alpha value is -1.33. The molecule has 0 radical (unpaired) electrons. The largest absolute Gasteiger partial charge is 0.496 e.